The van der Waals surface area contributed by atoms with Crippen LogP contribution >= 0.6 is 0 Å². The molecule has 0 fully saturated rings. The predicted molar refractivity (Wildman–Crippen MR) is 95.7 cm³/mol. The third-order valence-corrected chi connectivity index (χ3v) is 4.02. The van der Waals surface area contributed by atoms with E-state index in [1.54, 1.807) is 0 Å². The van der Waals surface area contributed by atoms with Crippen molar-refractivity contribution < 1.29 is 18.8 Å². The number of unbranched alkanes of at least 4 members (excludes halogenated alkanes) is 1. The van der Waals surface area contributed by atoms with Crippen LogP contribution in [0.2, 0.25) is 0 Å². The first-order valence-electron chi connectivity index (χ1n) is 8.06. The van der Waals surface area contributed by atoms with Gasteiger partial charge in [0.1, 0.15) is 0 Å². The van der Waals surface area contributed by atoms with E-state index in [0.717, 1.165) is 43.7 Å². The van der Waals surface area contributed by atoms with Crippen LogP contribution in [-0.2, 0) is 19.0 Å². The van der Waals surface area contributed by atoms with E-state index in [-0.39, 0.29) is 6.09 Å². The molecule has 1 aliphatic rings. The molecular formula is C18H27NO3S. The third-order valence-electron chi connectivity index (χ3n) is 4.02. The van der Waals surface area contributed by atoms with E-state index in [9.17, 15) is 4.79 Å². The number of fused-ring (bicyclic) bond motifs is 1. The van der Waals surface area contributed by atoms with E-state index in [4.69, 9.17) is 9.47 Å². The van der Waals surface area contributed by atoms with Crippen molar-refractivity contribution in [2.75, 3.05) is 26.7 Å². The smallest absolute Gasteiger partial charge is 0.521 e. The number of ether oxygens (including phenoxy) is 2. The largest absolute Gasteiger partial charge is 0.788 e. The lowest BCUT2D eigenvalue weighted by Crippen LogP contribution is -2.51. The standard InChI is InChI=1S/C16H24NO3.C2H4S/c1-4-6-11-17(3,5-2)16(18)20-14-9-7-8-13-10-12-19-15(13)14;1-2-3/h7-9H,4-6,10-12H2,1-3H3;2-3H,1H2/q+1;/p-1. The normalized spacial score (nSPS) is 14.6. The lowest BCUT2D eigenvalue weighted by atomic mass is 10.1. The summed E-state index contributed by atoms with van der Waals surface area (Å²) in [6.07, 6.45) is 2.77. The van der Waals surface area contributed by atoms with E-state index in [0.29, 0.717) is 16.8 Å². The van der Waals surface area contributed by atoms with Crippen LogP contribution in [0.3, 0.4) is 0 Å². The van der Waals surface area contributed by atoms with Gasteiger partial charge in [-0.2, -0.15) is 4.79 Å². The molecule has 0 aromatic heterocycles. The first-order chi connectivity index (χ1) is 11.0. The molecular weight excluding hydrogens is 310 g/mol. The Bertz CT molecular complexity index is 533. The van der Waals surface area contributed by atoms with Gasteiger partial charge in [0.25, 0.3) is 0 Å². The van der Waals surface area contributed by atoms with Gasteiger partial charge in [0, 0.05) is 12.0 Å². The molecule has 1 atom stereocenters. The van der Waals surface area contributed by atoms with Crippen LogP contribution in [0, 0.1) is 0 Å². The maximum atomic E-state index is 12.5. The Morgan fingerprint density at radius 1 is 1.48 bits per heavy atom. The van der Waals surface area contributed by atoms with Gasteiger partial charge in [0.15, 0.2) is 11.5 Å². The lowest BCUT2D eigenvalue weighted by molar-refractivity contribution is -0.834. The number of quaternary nitrogens is 1. The van der Waals surface area contributed by atoms with Gasteiger partial charge in [0.2, 0.25) is 0 Å². The summed E-state index contributed by atoms with van der Waals surface area (Å²) in [5, 5.41) is 1.33. The number of hydrogen-bond acceptors (Lipinski definition) is 4. The summed E-state index contributed by atoms with van der Waals surface area (Å²) in [5.74, 6) is 1.29. The number of rotatable bonds is 5. The Balaban J connectivity index is 0.000000816. The highest BCUT2D eigenvalue weighted by molar-refractivity contribution is 7.62. The van der Waals surface area contributed by atoms with E-state index >= 15 is 0 Å². The SMILES string of the molecule is C=C[S-].CCCC[N+](C)(CC)C(=O)Oc1cccc2c1OCC2. The van der Waals surface area contributed by atoms with Gasteiger partial charge in [-0.05, 0) is 19.4 Å². The number of hydrogen-bond donors (Lipinski definition) is 0. The van der Waals surface area contributed by atoms with Crippen molar-refractivity contribution in [1.82, 2.24) is 0 Å². The van der Waals surface area contributed by atoms with Crippen molar-refractivity contribution in [2.45, 2.75) is 33.1 Å². The van der Waals surface area contributed by atoms with Crippen molar-refractivity contribution >= 4 is 18.7 Å². The van der Waals surface area contributed by atoms with Crippen molar-refractivity contribution in [3.8, 4) is 11.5 Å². The molecule has 0 aliphatic carbocycles. The zero-order valence-electron chi connectivity index (χ0n) is 14.3. The Kier molecular flexibility index (Phi) is 8.06. The maximum absolute atomic E-state index is 12.5. The number of carbonyl (C=O) groups is 1. The zero-order chi connectivity index (χ0) is 17.3. The second-order valence-electron chi connectivity index (χ2n) is 5.67. The molecule has 1 unspecified atom stereocenters. The fourth-order valence-corrected chi connectivity index (χ4v) is 2.36. The molecule has 1 aromatic rings. The van der Waals surface area contributed by atoms with Gasteiger partial charge in [-0.25, -0.2) is 9.89 Å². The molecule has 23 heavy (non-hydrogen) atoms. The average molecular weight is 337 g/mol. The zero-order valence-corrected chi connectivity index (χ0v) is 15.2. The Morgan fingerprint density at radius 3 is 2.78 bits per heavy atom. The van der Waals surface area contributed by atoms with E-state index in [2.05, 4.69) is 26.1 Å². The highest BCUT2D eigenvalue weighted by atomic mass is 32.1. The quantitative estimate of drug-likeness (QED) is 0.599. The number of carbonyl (C=O) groups excluding carboxylic acids is 1. The molecule has 1 aliphatic heterocycles. The van der Waals surface area contributed by atoms with E-state index in [1.165, 1.54) is 5.41 Å². The minimum absolute atomic E-state index is 0.204. The number of nitrogens with zero attached hydrogens (tertiary/aromatic N) is 1. The summed E-state index contributed by atoms with van der Waals surface area (Å²) in [6, 6.07) is 5.74. The minimum atomic E-state index is -0.204. The second-order valence-corrected chi connectivity index (χ2v) is 6.00. The molecule has 0 N–H and O–H groups in total. The monoisotopic (exact) mass is 337 g/mol. The van der Waals surface area contributed by atoms with Gasteiger partial charge in [-0.1, -0.05) is 25.5 Å². The van der Waals surface area contributed by atoms with Crippen LogP contribution in [0.4, 0.5) is 4.79 Å². The average Bonchev–Trinajstić information content (AvgIpc) is 3.03. The Hall–Kier alpha value is -1.59. The molecule has 0 spiro atoms. The molecule has 128 valence electrons. The summed E-state index contributed by atoms with van der Waals surface area (Å²) in [7, 11) is 1.93. The van der Waals surface area contributed by atoms with Crippen LogP contribution < -0.4 is 9.47 Å². The fourth-order valence-electron chi connectivity index (χ4n) is 2.36. The van der Waals surface area contributed by atoms with Crippen LogP contribution in [-0.4, -0.2) is 37.3 Å². The fraction of sp³-hybridized carbons (Fsp3) is 0.500. The van der Waals surface area contributed by atoms with Gasteiger partial charge in [-0.3, -0.25) is 0 Å². The Labute approximate surface area is 145 Å². The number of benzene rings is 1. The molecule has 1 aromatic carbocycles. The van der Waals surface area contributed by atoms with Crippen LogP contribution in [0.25, 0.3) is 0 Å². The number of para-hydroxylation sites is 1. The van der Waals surface area contributed by atoms with Gasteiger partial charge >= 0.3 is 6.09 Å². The second kappa shape index (κ2) is 9.53. The topological polar surface area (TPSA) is 35.5 Å². The molecule has 0 saturated heterocycles. The highest BCUT2D eigenvalue weighted by Gasteiger charge is 2.33. The molecule has 1 amide bonds. The van der Waals surface area contributed by atoms with E-state index < -0.39 is 0 Å². The lowest BCUT2D eigenvalue weighted by Gasteiger charge is -2.28. The molecule has 2 rings (SSSR count). The molecule has 1 heterocycles. The summed E-state index contributed by atoms with van der Waals surface area (Å²) >= 11 is 4.16. The summed E-state index contributed by atoms with van der Waals surface area (Å²) in [6.45, 7) is 9.53. The van der Waals surface area contributed by atoms with E-state index in [1.807, 2.05) is 32.2 Å². The summed E-state index contributed by atoms with van der Waals surface area (Å²) in [4.78, 5) is 12.5. The van der Waals surface area contributed by atoms with Crippen LogP contribution in [0.1, 0.15) is 32.3 Å². The minimum Gasteiger partial charge on any atom is -0.788 e. The van der Waals surface area contributed by atoms with Crippen molar-refractivity contribution in [3.63, 3.8) is 0 Å². The van der Waals surface area contributed by atoms with Gasteiger partial charge in [0.05, 0.1) is 26.7 Å². The van der Waals surface area contributed by atoms with Crippen LogP contribution in [0.15, 0.2) is 30.2 Å². The summed E-state index contributed by atoms with van der Waals surface area (Å²) in [5.41, 5.74) is 1.12. The molecule has 0 radical (unpaired) electrons. The first kappa shape index (κ1) is 19.5. The predicted octanol–water partition coefficient (Wildman–Crippen LogP) is 4.06. The molecule has 0 saturated carbocycles. The molecule has 4 nitrogen and oxygen atoms in total. The van der Waals surface area contributed by atoms with Crippen molar-refractivity contribution in [1.29, 1.82) is 0 Å². The van der Waals surface area contributed by atoms with Crippen molar-refractivity contribution in [3.05, 3.63) is 35.7 Å². The third kappa shape index (κ3) is 5.22. The first-order valence-corrected chi connectivity index (χ1v) is 8.54. The number of amides is 1. The van der Waals surface area contributed by atoms with Gasteiger partial charge in [-0.15, -0.1) is 6.58 Å². The highest BCUT2D eigenvalue weighted by Crippen LogP contribution is 2.35. The molecule has 0 bridgehead atoms. The molecule has 5 heteroatoms. The van der Waals surface area contributed by atoms with Crippen molar-refractivity contribution in [2.24, 2.45) is 0 Å². The summed E-state index contributed by atoms with van der Waals surface area (Å²) < 4.78 is 11.5. The Morgan fingerprint density at radius 2 is 2.17 bits per heavy atom. The maximum Gasteiger partial charge on any atom is 0.521 e. The van der Waals surface area contributed by atoms with Crippen LogP contribution in [0.5, 0.6) is 11.5 Å². The van der Waals surface area contributed by atoms with Gasteiger partial charge < -0.3 is 22.1 Å².